The number of aromatic nitrogens is 1. The summed E-state index contributed by atoms with van der Waals surface area (Å²) in [6.45, 7) is 4.04. The lowest BCUT2D eigenvalue weighted by Gasteiger charge is -2.26. The van der Waals surface area contributed by atoms with Gasteiger partial charge < -0.3 is 5.11 Å². The molecule has 1 aliphatic rings. The van der Waals surface area contributed by atoms with Gasteiger partial charge in [-0.3, -0.25) is 0 Å². The Morgan fingerprint density at radius 2 is 2.11 bits per heavy atom. The van der Waals surface area contributed by atoms with Crippen molar-refractivity contribution in [1.29, 1.82) is 0 Å². The van der Waals surface area contributed by atoms with Crippen LogP contribution >= 0.6 is 23.1 Å². The Morgan fingerprint density at radius 1 is 1.44 bits per heavy atom. The number of carboxylic acid groups (broad SMARTS) is 1. The minimum absolute atomic E-state index is 0.389. The van der Waals surface area contributed by atoms with E-state index < -0.39 is 5.97 Å². The molecule has 5 heteroatoms. The summed E-state index contributed by atoms with van der Waals surface area (Å²) in [7, 11) is 0. The fourth-order valence-corrected chi connectivity index (χ4v) is 4.89. The molecule has 0 atom stereocenters. The molecule has 1 heterocycles. The lowest BCUT2D eigenvalue weighted by atomic mass is 9.87. The number of hydrogen-bond acceptors (Lipinski definition) is 4. The van der Waals surface area contributed by atoms with Crippen LogP contribution in [-0.4, -0.2) is 21.3 Å². The largest absolute Gasteiger partial charge is 0.477 e. The first-order chi connectivity index (χ1) is 8.60. The number of thiazole rings is 1. The minimum Gasteiger partial charge on any atom is -0.477 e. The number of carboxylic acids is 1. The Hall–Kier alpha value is -0.550. The molecule has 1 aromatic rings. The van der Waals surface area contributed by atoms with Crippen molar-refractivity contribution in [2.24, 2.45) is 5.92 Å². The first kappa shape index (κ1) is 13.9. The van der Waals surface area contributed by atoms with Gasteiger partial charge in [-0.05, 0) is 38.5 Å². The van der Waals surface area contributed by atoms with E-state index in [0.717, 1.165) is 10.3 Å². The second-order valence-electron chi connectivity index (χ2n) is 4.87. The number of nitrogens with zero attached hydrogens (tertiary/aromatic N) is 1. The lowest BCUT2D eigenvalue weighted by molar-refractivity contribution is 0.0701. The van der Waals surface area contributed by atoms with E-state index in [9.17, 15) is 4.79 Å². The number of thioether (sulfide) groups is 1. The summed E-state index contributed by atoms with van der Waals surface area (Å²) in [5.41, 5.74) is 0.650. The molecule has 2 rings (SSSR count). The molecule has 0 aromatic carbocycles. The highest BCUT2D eigenvalue weighted by atomic mass is 32.2. The maximum absolute atomic E-state index is 11.0. The first-order valence-electron chi connectivity index (χ1n) is 6.47. The van der Waals surface area contributed by atoms with Gasteiger partial charge in [-0.15, -0.1) is 11.3 Å². The van der Waals surface area contributed by atoms with Crippen LogP contribution in [0.3, 0.4) is 0 Å². The number of aromatic carboxylic acids is 1. The molecule has 1 saturated carbocycles. The summed E-state index contributed by atoms with van der Waals surface area (Å²) in [4.78, 5) is 15.7. The maximum Gasteiger partial charge on any atom is 0.347 e. The van der Waals surface area contributed by atoms with Crippen molar-refractivity contribution in [3.8, 4) is 0 Å². The highest BCUT2D eigenvalue weighted by Crippen LogP contribution is 2.38. The summed E-state index contributed by atoms with van der Waals surface area (Å²) < 4.78 is 0.921. The van der Waals surface area contributed by atoms with Gasteiger partial charge in [0, 0.05) is 5.25 Å². The average Bonchev–Trinajstić information content (AvgIpc) is 2.71. The normalized spacial score (nSPS) is 24.1. The van der Waals surface area contributed by atoms with Crippen molar-refractivity contribution >= 4 is 29.1 Å². The fourth-order valence-electron chi connectivity index (χ4n) is 2.42. The van der Waals surface area contributed by atoms with Crippen LogP contribution in [0.2, 0.25) is 0 Å². The van der Waals surface area contributed by atoms with E-state index in [0.29, 0.717) is 15.8 Å². The fraction of sp³-hybridized carbons (Fsp3) is 0.692. The third-order valence-electron chi connectivity index (χ3n) is 3.61. The zero-order chi connectivity index (χ0) is 13.1. The zero-order valence-electron chi connectivity index (χ0n) is 10.8. The maximum atomic E-state index is 11.0. The van der Waals surface area contributed by atoms with Crippen LogP contribution in [0.4, 0.5) is 0 Å². The van der Waals surface area contributed by atoms with Gasteiger partial charge in [0.2, 0.25) is 0 Å². The third-order valence-corrected chi connectivity index (χ3v) is 6.19. The van der Waals surface area contributed by atoms with Gasteiger partial charge >= 0.3 is 5.97 Å². The van der Waals surface area contributed by atoms with Gasteiger partial charge in [-0.25, -0.2) is 9.78 Å². The summed E-state index contributed by atoms with van der Waals surface area (Å²) in [6.07, 6.45) is 6.39. The second-order valence-corrected chi connectivity index (χ2v) is 7.41. The minimum atomic E-state index is -0.855. The number of carbonyl (C=O) groups is 1. The van der Waals surface area contributed by atoms with Crippen molar-refractivity contribution in [2.45, 2.75) is 55.5 Å². The van der Waals surface area contributed by atoms with E-state index in [2.05, 4.69) is 11.9 Å². The van der Waals surface area contributed by atoms with E-state index in [1.807, 2.05) is 0 Å². The Kier molecular flexibility index (Phi) is 4.67. The number of aryl methyl sites for hydroxylation is 1. The van der Waals surface area contributed by atoms with E-state index in [1.54, 1.807) is 18.7 Å². The van der Waals surface area contributed by atoms with Crippen LogP contribution < -0.4 is 0 Å². The van der Waals surface area contributed by atoms with Gasteiger partial charge in [-0.1, -0.05) is 25.1 Å². The van der Waals surface area contributed by atoms with Crippen LogP contribution in [0.15, 0.2) is 4.34 Å². The van der Waals surface area contributed by atoms with Crippen LogP contribution in [0.1, 0.15) is 54.4 Å². The van der Waals surface area contributed by atoms with E-state index in [1.165, 1.54) is 43.4 Å². The van der Waals surface area contributed by atoms with Gasteiger partial charge in [0.05, 0.1) is 5.69 Å². The Balaban J connectivity index is 1.94. The molecule has 0 spiro atoms. The predicted octanol–water partition coefficient (Wildman–Crippen LogP) is 4.21. The van der Waals surface area contributed by atoms with Crippen LogP contribution in [0.5, 0.6) is 0 Å². The quantitative estimate of drug-likeness (QED) is 0.900. The molecule has 0 radical (unpaired) electrons. The van der Waals surface area contributed by atoms with Gasteiger partial charge in [0.15, 0.2) is 4.34 Å². The van der Waals surface area contributed by atoms with Gasteiger partial charge in [-0.2, -0.15) is 0 Å². The molecular formula is C13H19NO2S2. The van der Waals surface area contributed by atoms with Crippen molar-refractivity contribution in [1.82, 2.24) is 4.98 Å². The van der Waals surface area contributed by atoms with Gasteiger partial charge in [0.25, 0.3) is 0 Å². The molecule has 18 heavy (non-hydrogen) atoms. The SMILES string of the molecule is CCC1CCC(Sc2nc(C)c(C(=O)O)s2)CC1. The molecule has 1 aromatic heterocycles. The molecular weight excluding hydrogens is 266 g/mol. The topological polar surface area (TPSA) is 50.2 Å². The Labute approximate surface area is 116 Å². The highest BCUT2D eigenvalue weighted by Gasteiger charge is 2.23. The van der Waals surface area contributed by atoms with Gasteiger partial charge in [0.1, 0.15) is 4.88 Å². The Morgan fingerprint density at radius 3 is 2.61 bits per heavy atom. The summed E-state index contributed by atoms with van der Waals surface area (Å²) >= 11 is 3.09. The molecule has 0 aliphatic heterocycles. The van der Waals surface area contributed by atoms with E-state index >= 15 is 0 Å². The summed E-state index contributed by atoms with van der Waals surface area (Å²) in [5, 5.41) is 9.64. The van der Waals surface area contributed by atoms with E-state index in [-0.39, 0.29) is 0 Å². The molecule has 100 valence electrons. The molecule has 0 unspecified atom stereocenters. The number of hydrogen-bond donors (Lipinski definition) is 1. The Bertz CT molecular complexity index is 423. The van der Waals surface area contributed by atoms with E-state index in [4.69, 9.17) is 5.11 Å². The molecule has 0 amide bonds. The van der Waals surface area contributed by atoms with Crippen molar-refractivity contribution < 1.29 is 9.90 Å². The van der Waals surface area contributed by atoms with Crippen LogP contribution in [0, 0.1) is 12.8 Å². The molecule has 1 aliphatic carbocycles. The van der Waals surface area contributed by atoms with Crippen molar-refractivity contribution in [3.05, 3.63) is 10.6 Å². The standard InChI is InChI=1S/C13H19NO2S2/c1-3-9-4-6-10(7-5-9)17-13-14-8(2)11(18-13)12(15)16/h9-10H,3-7H2,1-2H3,(H,15,16). The molecule has 1 fully saturated rings. The average molecular weight is 285 g/mol. The smallest absolute Gasteiger partial charge is 0.347 e. The third kappa shape index (κ3) is 3.26. The predicted molar refractivity (Wildman–Crippen MR) is 75.7 cm³/mol. The van der Waals surface area contributed by atoms with Crippen molar-refractivity contribution in [3.63, 3.8) is 0 Å². The monoisotopic (exact) mass is 285 g/mol. The molecule has 0 saturated heterocycles. The van der Waals surface area contributed by atoms with Crippen LogP contribution in [0.25, 0.3) is 0 Å². The second kappa shape index (κ2) is 6.06. The molecule has 1 N–H and O–H groups in total. The zero-order valence-corrected chi connectivity index (χ0v) is 12.4. The molecule has 3 nitrogen and oxygen atoms in total. The van der Waals surface area contributed by atoms with Crippen molar-refractivity contribution in [2.75, 3.05) is 0 Å². The summed E-state index contributed by atoms with van der Waals surface area (Å²) in [5.74, 6) is 0.0426. The lowest BCUT2D eigenvalue weighted by Crippen LogP contribution is -2.15. The summed E-state index contributed by atoms with van der Waals surface area (Å²) in [6, 6.07) is 0. The molecule has 0 bridgehead atoms. The highest BCUT2D eigenvalue weighted by molar-refractivity contribution is 8.01. The first-order valence-corrected chi connectivity index (χ1v) is 8.17. The van der Waals surface area contributed by atoms with Crippen LogP contribution in [-0.2, 0) is 0 Å². The number of rotatable bonds is 4.